The van der Waals surface area contributed by atoms with E-state index in [2.05, 4.69) is 21.0 Å². The third kappa shape index (κ3) is 4.23. The number of hydrogen-bond donors (Lipinski definition) is 1. The van der Waals surface area contributed by atoms with E-state index < -0.39 is 27.1 Å². The molecule has 0 saturated carbocycles. The summed E-state index contributed by atoms with van der Waals surface area (Å²) in [6.07, 6.45) is -0.580. The number of nitrogens with zero attached hydrogens (tertiary/aromatic N) is 5. The molecule has 0 aliphatic rings. The van der Waals surface area contributed by atoms with E-state index in [0.717, 1.165) is 17.8 Å². The Labute approximate surface area is 192 Å². The molecule has 174 valence electrons. The average molecular weight is 486 g/mol. The number of aromatic nitrogens is 4. The standard InChI is InChI=1S/C22H17F3N6O2S/c1-13-9-16-17(10-26)20(31(21(16)29-11-13)19-5-3-4-8-27-19)18-7-6-15(12-28-18)34(32,33)30-14(2)22(23,24)25/h3-9,11-12,14,30H,1-2H3. The zero-order valence-corrected chi connectivity index (χ0v) is 18.7. The number of pyridine rings is 3. The lowest BCUT2D eigenvalue weighted by atomic mass is 10.1. The maximum absolute atomic E-state index is 12.8. The number of alkyl halides is 3. The molecule has 0 bridgehead atoms. The monoisotopic (exact) mass is 486 g/mol. The first-order chi connectivity index (χ1) is 16.0. The van der Waals surface area contributed by atoms with E-state index in [4.69, 9.17) is 0 Å². The molecule has 0 radical (unpaired) electrons. The molecule has 34 heavy (non-hydrogen) atoms. The molecule has 4 heterocycles. The van der Waals surface area contributed by atoms with E-state index in [1.54, 1.807) is 45.9 Å². The number of rotatable bonds is 5. The molecule has 4 aromatic heterocycles. The van der Waals surface area contributed by atoms with Gasteiger partial charge in [-0.3, -0.25) is 9.55 Å². The van der Waals surface area contributed by atoms with Gasteiger partial charge in [0.25, 0.3) is 0 Å². The molecule has 4 aromatic rings. The van der Waals surface area contributed by atoms with Crippen molar-refractivity contribution in [3.05, 3.63) is 66.1 Å². The summed E-state index contributed by atoms with van der Waals surface area (Å²) < 4.78 is 66.5. The molecule has 0 aliphatic carbocycles. The molecule has 1 N–H and O–H groups in total. The molecule has 0 saturated heterocycles. The molecular formula is C22H17F3N6O2S. The van der Waals surface area contributed by atoms with Crippen molar-refractivity contribution < 1.29 is 21.6 Å². The van der Waals surface area contributed by atoms with Crippen LogP contribution in [-0.4, -0.2) is 40.2 Å². The van der Waals surface area contributed by atoms with Gasteiger partial charge in [0.1, 0.15) is 28.5 Å². The number of nitrogens with one attached hydrogen (secondary N) is 1. The van der Waals surface area contributed by atoms with Crippen LogP contribution in [0.1, 0.15) is 18.1 Å². The first-order valence-corrected chi connectivity index (χ1v) is 11.4. The Morgan fingerprint density at radius 3 is 2.47 bits per heavy atom. The van der Waals surface area contributed by atoms with E-state index >= 15 is 0 Å². The Morgan fingerprint density at radius 1 is 1.12 bits per heavy atom. The number of hydrogen-bond acceptors (Lipinski definition) is 6. The smallest absolute Gasteiger partial charge is 0.275 e. The van der Waals surface area contributed by atoms with E-state index in [9.17, 15) is 26.9 Å². The molecule has 12 heteroatoms. The fourth-order valence-corrected chi connectivity index (χ4v) is 4.56. The largest absolute Gasteiger partial charge is 0.404 e. The van der Waals surface area contributed by atoms with Gasteiger partial charge in [-0.15, -0.1) is 0 Å². The fourth-order valence-electron chi connectivity index (χ4n) is 3.38. The van der Waals surface area contributed by atoms with Gasteiger partial charge < -0.3 is 0 Å². The summed E-state index contributed by atoms with van der Waals surface area (Å²) in [5.74, 6) is 0.458. The molecule has 8 nitrogen and oxygen atoms in total. The molecular weight excluding hydrogens is 469 g/mol. The van der Waals surface area contributed by atoms with E-state index in [0.29, 0.717) is 29.5 Å². The normalized spacial score (nSPS) is 13.1. The van der Waals surface area contributed by atoms with E-state index in [-0.39, 0.29) is 11.3 Å². The number of halogens is 3. The minimum atomic E-state index is -4.74. The van der Waals surface area contributed by atoms with Gasteiger partial charge in [0.05, 0.1) is 17.0 Å². The average Bonchev–Trinajstić information content (AvgIpc) is 3.12. The third-order valence-electron chi connectivity index (χ3n) is 5.05. The van der Waals surface area contributed by atoms with Crippen molar-refractivity contribution in [1.29, 1.82) is 5.26 Å². The molecule has 4 rings (SSSR count). The molecule has 0 spiro atoms. The minimum Gasteiger partial charge on any atom is -0.275 e. The van der Waals surface area contributed by atoms with Gasteiger partial charge in [-0.25, -0.2) is 18.4 Å². The van der Waals surface area contributed by atoms with Gasteiger partial charge in [0, 0.05) is 24.0 Å². The summed E-state index contributed by atoms with van der Waals surface area (Å²) >= 11 is 0. The first kappa shape index (κ1) is 23.3. The van der Waals surface area contributed by atoms with Crippen LogP contribution in [-0.2, 0) is 10.0 Å². The van der Waals surface area contributed by atoms with Gasteiger partial charge in [-0.05, 0) is 49.7 Å². The predicted molar refractivity (Wildman–Crippen MR) is 117 cm³/mol. The van der Waals surface area contributed by atoms with Gasteiger partial charge in [0.2, 0.25) is 10.0 Å². The zero-order chi connectivity index (χ0) is 24.7. The van der Waals surface area contributed by atoms with Crippen LogP contribution in [0.3, 0.4) is 0 Å². The summed E-state index contributed by atoms with van der Waals surface area (Å²) in [7, 11) is -4.48. The topological polar surface area (TPSA) is 114 Å². The molecule has 0 amide bonds. The van der Waals surface area contributed by atoms with Crippen molar-refractivity contribution >= 4 is 21.1 Å². The van der Waals surface area contributed by atoms with Crippen molar-refractivity contribution in [3.63, 3.8) is 0 Å². The maximum Gasteiger partial charge on any atom is 0.404 e. The zero-order valence-electron chi connectivity index (χ0n) is 17.9. The lowest BCUT2D eigenvalue weighted by molar-refractivity contribution is -0.147. The fraction of sp³-hybridized carbons (Fsp3) is 0.182. The van der Waals surface area contributed by atoms with Crippen LogP contribution < -0.4 is 4.72 Å². The van der Waals surface area contributed by atoms with Crippen molar-refractivity contribution in [2.45, 2.75) is 31.0 Å². The Kier molecular flexibility index (Phi) is 5.84. The number of aryl methyl sites for hydroxylation is 1. The van der Waals surface area contributed by atoms with Crippen molar-refractivity contribution in [2.75, 3.05) is 0 Å². The maximum atomic E-state index is 12.8. The number of fused-ring (bicyclic) bond motifs is 1. The second-order valence-electron chi connectivity index (χ2n) is 7.51. The minimum absolute atomic E-state index is 0.223. The Morgan fingerprint density at radius 2 is 1.88 bits per heavy atom. The van der Waals surface area contributed by atoms with Crippen LogP contribution in [0.4, 0.5) is 13.2 Å². The molecule has 1 unspecified atom stereocenters. The highest BCUT2D eigenvalue weighted by molar-refractivity contribution is 7.89. The summed E-state index contributed by atoms with van der Waals surface area (Å²) in [6, 6.07) is 9.34. The Balaban J connectivity index is 1.87. The summed E-state index contributed by atoms with van der Waals surface area (Å²) in [5.41, 5.74) is 2.09. The Hall–Kier alpha value is -3.82. The third-order valence-corrected chi connectivity index (χ3v) is 6.57. The van der Waals surface area contributed by atoms with Crippen LogP contribution in [0.5, 0.6) is 0 Å². The SMILES string of the molecule is Cc1cnc2c(c1)c(C#N)c(-c1ccc(S(=O)(=O)NC(C)C(F)(F)F)cn1)n2-c1ccccn1. The van der Waals surface area contributed by atoms with Crippen LogP contribution in [0.15, 0.2) is 59.9 Å². The highest BCUT2D eigenvalue weighted by Gasteiger charge is 2.39. The second kappa shape index (κ2) is 8.51. The number of nitriles is 1. The lowest BCUT2D eigenvalue weighted by Gasteiger charge is -2.17. The predicted octanol–water partition coefficient (Wildman–Crippen LogP) is 3.89. The van der Waals surface area contributed by atoms with Crippen molar-refractivity contribution in [3.8, 4) is 23.3 Å². The summed E-state index contributed by atoms with van der Waals surface area (Å²) in [5, 5.41) is 10.5. The quantitative estimate of drug-likeness (QED) is 0.458. The Bertz CT molecular complexity index is 1510. The molecule has 0 fully saturated rings. The van der Waals surface area contributed by atoms with Crippen LogP contribution in [0, 0.1) is 18.3 Å². The first-order valence-electron chi connectivity index (χ1n) is 9.91. The highest BCUT2D eigenvalue weighted by atomic mass is 32.2. The second-order valence-corrected chi connectivity index (χ2v) is 9.22. The molecule has 0 aliphatic heterocycles. The van der Waals surface area contributed by atoms with Gasteiger partial charge in [-0.1, -0.05) is 6.07 Å². The van der Waals surface area contributed by atoms with Crippen LogP contribution >= 0.6 is 0 Å². The highest BCUT2D eigenvalue weighted by Crippen LogP contribution is 2.34. The van der Waals surface area contributed by atoms with Crippen molar-refractivity contribution in [2.24, 2.45) is 0 Å². The van der Waals surface area contributed by atoms with Gasteiger partial charge in [-0.2, -0.15) is 23.2 Å². The van der Waals surface area contributed by atoms with Crippen molar-refractivity contribution in [1.82, 2.24) is 24.2 Å². The van der Waals surface area contributed by atoms with Crippen LogP contribution in [0.25, 0.3) is 28.2 Å². The summed E-state index contributed by atoms with van der Waals surface area (Å²) in [6.45, 7) is 2.54. The molecule has 0 aromatic carbocycles. The van der Waals surface area contributed by atoms with Crippen LogP contribution in [0.2, 0.25) is 0 Å². The lowest BCUT2D eigenvalue weighted by Crippen LogP contribution is -2.42. The molecule has 1 atom stereocenters. The number of sulfonamides is 1. The van der Waals surface area contributed by atoms with Gasteiger partial charge in [0.15, 0.2) is 0 Å². The summed E-state index contributed by atoms with van der Waals surface area (Å²) in [4.78, 5) is 12.5. The van der Waals surface area contributed by atoms with Gasteiger partial charge >= 0.3 is 6.18 Å². The van der Waals surface area contributed by atoms with E-state index in [1.165, 1.54) is 6.07 Å². The van der Waals surface area contributed by atoms with E-state index in [1.807, 2.05) is 6.92 Å².